The number of hydrogen-bond donors (Lipinski definition) is 1. The van der Waals surface area contributed by atoms with Crippen molar-refractivity contribution in [2.24, 2.45) is 5.92 Å². The molecule has 0 aromatic heterocycles. The summed E-state index contributed by atoms with van der Waals surface area (Å²) in [7, 11) is 1.71. The highest BCUT2D eigenvalue weighted by atomic mass is 35.5. The summed E-state index contributed by atoms with van der Waals surface area (Å²) in [4.78, 5) is 14.5. The maximum absolute atomic E-state index is 14.5. The zero-order valence-electron chi connectivity index (χ0n) is 19.5. The van der Waals surface area contributed by atoms with E-state index in [0.29, 0.717) is 11.5 Å². The van der Waals surface area contributed by atoms with Gasteiger partial charge in [-0.15, -0.1) is 12.4 Å². The quantitative estimate of drug-likeness (QED) is 0.521. The Morgan fingerprint density at radius 3 is 2.59 bits per heavy atom. The van der Waals surface area contributed by atoms with Gasteiger partial charge in [0, 0.05) is 50.4 Å². The molecule has 1 N–H and O–H groups in total. The van der Waals surface area contributed by atoms with Crippen molar-refractivity contribution in [2.45, 2.75) is 44.2 Å². The van der Waals surface area contributed by atoms with E-state index in [1.807, 2.05) is 35.2 Å². The van der Waals surface area contributed by atoms with E-state index in [-0.39, 0.29) is 49.2 Å². The number of amides is 1. The summed E-state index contributed by atoms with van der Waals surface area (Å²) in [6.45, 7) is 2.76. The number of methoxy groups -OCH3 is 1. The summed E-state index contributed by atoms with van der Waals surface area (Å²) in [5, 5.41) is 3.28. The van der Waals surface area contributed by atoms with Crippen molar-refractivity contribution in [3.8, 4) is 5.75 Å². The Morgan fingerprint density at radius 2 is 1.88 bits per heavy atom. The first-order valence-corrected chi connectivity index (χ1v) is 11.7. The SMILES string of the molecule is COCCC1CCN(C(=O)CN[C@@H]2C[C@H]2c2cc(F)cc(F)c2OCc2ccccc2)CC1.Cl. The minimum Gasteiger partial charge on any atom is -0.486 e. The molecule has 5 nitrogen and oxygen atoms in total. The van der Waals surface area contributed by atoms with Gasteiger partial charge >= 0.3 is 0 Å². The van der Waals surface area contributed by atoms with Crippen LogP contribution >= 0.6 is 12.4 Å². The van der Waals surface area contributed by atoms with E-state index in [2.05, 4.69) is 5.32 Å². The Labute approximate surface area is 206 Å². The molecule has 1 saturated carbocycles. The molecule has 1 amide bonds. The van der Waals surface area contributed by atoms with Crippen LogP contribution in [0.2, 0.25) is 0 Å². The molecule has 0 bridgehead atoms. The highest BCUT2D eigenvalue weighted by Crippen LogP contribution is 2.46. The van der Waals surface area contributed by atoms with E-state index in [9.17, 15) is 13.6 Å². The van der Waals surface area contributed by atoms with Crippen LogP contribution in [0.1, 0.15) is 42.7 Å². The fourth-order valence-electron chi connectivity index (χ4n) is 4.59. The molecule has 1 aliphatic carbocycles. The zero-order valence-corrected chi connectivity index (χ0v) is 20.3. The summed E-state index contributed by atoms with van der Waals surface area (Å²) < 4.78 is 39.4. The molecule has 8 heteroatoms. The number of nitrogens with one attached hydrogen (secondary N) is 1. The molecule has 2 aliphatic rings. The predicted octanol–water partition coefficient (Wildman–Crippen LogP) is 4.69. The van der Waals surface area contributed by atoms with E-state index in [1.54, 1.807) is 7.11 Å². The lowest BCUT2D eigenvalue weighted by Gasteiger charge is -2.32. The number of halogens is 3. The number of carbonyl (C=O) groups is 1. The van der Waals surface area contributed by atoms with Crippen molar-refractivity contribution in [1.82, 2.24) is 10.2 Å². The third-order valence-electron chi connectivity index (χ3n) is 6.67. The molecular weight excluding hydrogens is 462 g/mol. The summed E-state index contributed by atoms with van der Waals surface area (Å²) in [5.41, 5.74) is 1.43. The Morgan fingerprint density at radius 1 is 1.15 bits per heavy atom. The van der Waals surface area contributed by atoms with Crippen LogP contribution in [0, 0.1) is 17.6 Å². The molecule has 186 valence electrons. The van der Waals surface area contributed by atoms with Gasteiger partial charge in [0.15, 0.2) is 11.6 Å². The van der Waals surface area contributed by atoms with Crippen LogP contribution in [0.15, 0.2) is 42.5 Å². The van der Waals surface area contributed by atoms with Gasteiger partial charge < -0.3 is 19.7 Å². The Balaban J connectivity index is 0.00000324. The largest absolute Gasteiger partial charge is 0.486 e. The summed E-state index contributed by atoms with van der Waals surface area (Å²) in [6.07, 6.45) is 3.77. The number of rotatable bonds is 10. The van der Waals surface area contributed by atoms with Crippen LogP contribution in [0.3, 0.4) is 0 Å². The molecule has 1 saturated heterocycles. The second-order valence-electron chi connectivity index (χ2n) is 9.02. The standard InChI is InChI=1S/C26H32F2N2O3.ClH/c1-32-12-9-18-7-10-30(11-8-18)25(31)16-29-24-15-21(24)22-13-20(27)14-23(28)26(22)33-17-19-5-3-2-4-6-19;/h2-6,13-14,18,21,24,29H,7-12,15-17H2,1H3;1H/t21-,24+;/m0./s1. The molecule has 4 rings (SSSR count). The van der Waals surface area contributed by atoms with Crippen molar-refractivity contribution in [1.29, 1.82) is 0 Å². The normalized spacial score (nSPS) is 20.0. The average Bonchev–Trinajstić information content (AvgIpc) is 3.61. The van der Waals surface area contributed by atoms with Crippen molar-refractivity contribution in [2.75, 3.05) is 33.4 Å². The predicted molar refractivity (Wildman–Crippen MR) is 129 cm³/mol. The molecule has 0 spiro atoms. The lowest BCUT2D eigenvalue weighted by molar-refractivity contribution is -0.131. The van der Waals surface area contributed by atoms with Gasteiger partial charge in [0.05, 0.1) is 6.54 Å². The molecule has 2 atom stereocenters. The van der Waals surface area contributed by atoms with E-state index < -0.39 is 11.6 Å². The average molecular weight is 495 g/mol. The minimum absolute atomic E-state index is 0. The summed E-state index contributed by atoms with van der Waals surface area (Å²) in [6, 6.07) is 11.7. The van der Waals surface area contributed by atoms with E-state index in [0.717, 1.165) is 57.0 Å². The smallest absolute Gasteiger partial charge is 0.236 e. The molecule has 0 radical (unpaired) electrons. The van der Waals surface area contributed by atoms with Gasteiger partial charge in [-0.05, 0) is 43.2 Å². The maximum Gasteiger partial charge on any atom is 0.236 e. The molecule has 0 unspecified atom stereocenters. The van der Waals surface area contributed by atoms with Crippen LogP contribution in [0.25, 0.3) is 0 Å². The van der Waals surface area contributed by atoms with Gasteiger partial charge in [-0.3, -0.25) is 4.79 Å². The van der Waals surface area contributed by atoms with Crippen LogP contribution < -0.4 is 10.1 Å². The number of piperidine rings is 1. The third kappa shape index (κ3) is 6.90. The molecule has 1 heterocycles. The number of hydrogen-bond acceptors (Lipinski definition) is 4. The lowest BCUT2D eigenvalue weighted by atomic mass is 9.94. The molecule has 2 aromatic rings. The second-order valence-corrected chi connectivity index (χ2v) is 9.02. The fourth-order valence-corrected chi connectivity index (χ4v) is 4.59. The summed E-state index contributed by atoms with van der Waals surface area (Å²) >= 11 is 0. The maximum atomic E-state index is 14.5. The second kappa shape index (κ2) is 12.5. The van der Waals surface area contributed by atoms with Crippen LogP contribution in [-0.4, -0.2) is 50.2 Å². The molecule has 1 aliphatic heterocycles. The third-order valence-corrected chi connectivity index (χ3v) is 6.67. The Bertz CT molecular complexity index is 939. The Kier molecular flexibility index (Phi) is 9.68. The summed E-state index contributed by atoms with van der Waals surface area (Å²) in [5.74, 6) is -0.594. The molecule has 2 fully saturated rings. The highest BCUT2D eigenvalue weighted by Gasteiger charge is 2.41. The number of ether oxygens (including phenoxy) is 2. The first-order chi connectivity index (χ1) is 16.0. The van der Waals surface area contributed by atoms with Gasteiger partial charge in [-0.2, -0.15) is 0 Å². The first-order valence-electron chi connectivity index (χ1n) is 11.7. The van der Waals surface area contributed by atoms with Crippen LogP contribution in [-0.2, 0) is 16.1 Å². The molecule has 34 heavy (non-hydrogen) atoms. The van der Waals surface area contributed by atoms with Crippen molar-refractivity contribution in [3.05, 3.63) is 65.2 Å². The van der Waals surface area contributed by atoms with E-state index in [1.165, 1.54) is 6.07 Å². The van der Waals surface area contributed by atoms with Crippen molar-refractivity contribution in [3.63, 3.8) is 0 Å². The fraction of sp³-hybridized carbons (Fsp3) is 0.500. The van der Waals surface area contributed by atoms with Crippen molar-refractivity contribution >= 4 is 18.3 Å². The van der Waals surface area contributed by atoms with Gasteiger partial charge in [0.2, 0.25) is 5.91 Å². The Hall–Kier alpha value is -2.22. The molecular formula is C26H33ClF2N2O3. The first kappa shape index (κ1) is 26.4. The van der Waals surface area contributed by atoms with Gasteiger partial charge in [0.1, 0.15) is 12.4 Å². The van der Waals surface area contributed by atoms with E-state index in [4.69, 9.17) is 9.47 Å². The topological polar surface area (TPSA) is 50.8 Å². The van der Waals surface area contributed by atoms with E-state index >= 15 is 0 Å². The van der Waals surface area contributed by atoms with Crippen LogP contribution in [0.5, 0.6) is 5.75 Å². The van der Waals surface area contributed by atoms with Crippen LogP contribution in [0.4, 0.5) is 8.78 Å². The number of carbonyl (C=O) groups excluding carboxylic acids is 1. The lowest BCUT2D eigenvalue weighted by Crippen LogP contribution is -2.43. The monoisotopic (exact) mass is 494 g/mol. The van der Waals surface area contributed by atoms with Gasteiger partial charge in [-0.1, -0.05) is 30.3 Å². The number of benzene rings is 2. The minimum atomic E-state index is -0.695. The van der Waals surface area contributed by atoms with Gasteiger partial charge in [-0.25, -0.2) is 8.78 Å². The van der Waals surface area contributed by atoms with Crippen molar-refractivity contribution < 1.29 is 23.0 Å². The highest BCUT2D eigenvalue weighted by molar-refractivity contribution is 5.85. The van der Waals surface area contributed by atoms with Gasteiger partial charge in [0.25, 0.3) is 0 Å². The number of likely N-dealkylation sites (tertiary alicyclic amines) is 1. The zero-order chi connectivity index (χ0) is 23.2. The molecule has 2 aromatic carbocycles. The number of nitrogens with zero attached hydrogens (tertiary/aromatic N) is 1.